The zero-order valence-electron chi connectivity index (χ0n) is 11.2. The summed E-state index contributed by atoms with van der Waals surface area (Å²) in [6.45, 7) is 1.67. The smallest absolute Gasteiger partial charge is 0.193 e. The van der Waals surface area contributed by atoms with Gasteiger partial charge < -0.3 is 10.2 Å². The zero-order valence-corrected chi connectivity index (χ0v) is 14.4. The summed E-state index contributed by atoms with van der Waals surface area (Å²) in [6, 6.07) is 10.3. The van der Waals surface area contributed by atoms with E-state index < -0.39 is 0 Å². The molecule has 3 nitrogen and oxygen atoms in total. The molecule has 0 aliphatic carbocycles. The Morgan fingerprint density at radius 1 is 1.28 bits per heavy atom. The summed E-state index contributed by atoms with van der Waals surface area (Å²) >= 11 is 1.83. The molecule has 0 aliphatic rings. The number of aliphatic imine (C=N–C) groups is 1. The van der Waals surface area contributed by atoms with E-state index in [9.17, 15) is 0 Å². The number of hydrogen-bond acceptors (Lipinski definition) is 2. The van der Waals surface area contributed by atoms with Gasteiger partial charge in [0.15, 0.2) is 5.96 Å². The number of rotatable bonds is 5. The molecule has 0 radical (unpaired) electrons. The van der Waals surface area contributed by atoms with E-state index in [-0.39, 0.29) is 24.0 Å². The van der Waals surface area contributed by atoms with Crippen LogP contribution in [0.1, 0.15) is 5.56 Å². The molecule has 0 amide bonds. The lowest BCUT2D eigenvalue weighted by Gasteiger charge is -2.17. The molecule has 1 rings (SSSR count). The quantitative estimate of drug-likeness (QED) is 0.369. The maximum Gasteiger partial charge on any atom is 0.193 e. The van der Waals surface area contributed by atoms with Crippen LogP contribution in [0.5, 0.6) is 0 Å². The molecule has 0 aliphatic heterocycles. The lowest BCUT2D eigenvalue weighted by Crippen LogP contribution is -2.37. The summed E-state index contributed by atoms with van der Waals surface area (Å²) in [5.41, 5.74) is 1.23. The number of nitrogens with one attached hydrogen (secondary N) is 1. The normalized spacial score (nSPS) is 10.7. The number of halogens is 1. The molecule has 0 spiro atoms. The highest BCUT2D eigenvalue weighted by Crippen LogP contribution is 2.00. The number of guanidine groups is 1. The van der Waals surface area contributed by atoms with Gasteiger partial charge in [-0.3, -0.25) is 0 Å². The van der Waals surface area contributed by atoms with Gasteiger partial charge in [-0.25, -0.2) is 4.99 Å². The van der Waals surface area contributed by atoms with E-state index >= 15 is 0 Å². The summed E-state index contributed by atoms with van der Waals surface area (Å²) in [5.74, 6) is 2.04. The molecule has 0 fully saturated rings. The van der Waals surface area contributed by atoms with Gasteiger partial charge in [0.2, 0.25) is 0 Å². The van der Waals surface area contributed by atoms with Crippen molar-refractivity contribution in [3.63, 3.8) is 0 Å². The Morgan fingerprint density at radius 2 is 1.94 bits per heavy atom. The maximum atomic E-state index is 4.59. The van der Waals surface area contributed by atoms with E-state index in [0.717, 1.165) is 24.8 Å². The van der Waals surface area contributed by atoms with Crippen LogP contribution in [0.2, 0.25) is 0 Å². The molecule has 1 N–H and O–H groups in total. The lowest BCUT2D eigenvalue weighted by molar-refractivity contribution is 0.584. The highest BCUT2D eigenvalue weighted by Gasteiger charge is 2.00. The summed E-state index contributed by atoms with van der Waals surface area (Å²) in [6.07, 6.45) is 2.11. The predicted octanol–water partition coefficient (Wildman–Crippen LogP) is 2.67. The van der Waals surface area contributed by atoms with Crippen molar-refractivity contribution in [2.24, 2.45) is 4.99 Å². The Bertz CT molecular complexity index is 341. The Morgan fingerprint density at radius 3 is 2.50 bits per heavy atom. The molecule has 0 atom stereocenters. The highest BCUT2D eigenvalue weighted by molar-refractivity contribution is 14.0. The Hall–Kier alpha value is -0.430. The zero-order chi connectivity index (χ0) is 12.5. The number of hydrogen-bond donors (Lipinski definition) is 1. The third kappa shape index (κ3) is 7.10. The van der Waals surface area contributed by atoms with Gasteiger partial charge in [-0.2, -0.15) is 11.8 Å². The number of benzene rings is 1. The number of thioether (sulfide) groups is 1. The summed E-state index contributed by atoms with van der Waals surface area (Å²) < 4.78 is 0. The monoisotopic (exact) mass is 379 g/mol. The fourth-order valence-corrected chi connectivity index (χ4v) is 1.68. The van der Waals surface area contributed by atoms with Crippen molar-refractivity contribution < 1.29 is 0 Å². The van der Waals surface area contributed by atoms with Gasteiger partial charge in [0.25, 0.3) is 0 Å². The molecule has 0 heterocycles. The molecule has 1 aromatic rings. The van der Waals surface area contributed by atoms with Crippen LogP contribution < -0.4 is 5.32 Å². The van der Waals surface area contributed by atoms with Crippen molar-refractivity contribution in [2.45, 2.75) is 6.54 Å². The van der Waals surface area contributed by atoms with E-state index in [0.29, 0.717) is 0 Å². The second kappa shape index (κ2) is 10.5. The van der Waals surface area contributed by atoms with E-state index in [4.69, 9.17) is 0 Å². The summed E-state index contributed by atoms with van der Waals surface area (Å²) in [4.78, 5) is 6.60. The van der Waals surface area contributed by atoms with Crippen LogP contribution in [0.4, 0.5) is 0 Å². The SMILES string of the molecule is CSCCNC(=NCc1ccccc1)N(C)C.I. The Kier molecular flexibility index (Phi) is 10.2. The molecule has 5 heteroatoms. The van der Waals surface area contributed by atoms with Crippen molar-refractivity contribution in [1.82, 2.24) is 10.2 Å². The first kappa shape index (κ1) is 17.6. The molecule has 102 valence electrons. The molecule has 1 aromatic carbocycles. The third-order valence-electron chi connectivity index (χ3n) is 2.27. The van der Waals surface area contributed by atoms with Crippen LogP contribution in [0.15, 0.2) is 35.3 Å². The minimum Gasteiger partial charge on any atom is -0.355 e. The molecular formula is C13H22IN3S. The van der Waals surface area contributed by atoms with Crippen molar-refractivity contribution in [3.05, 3.63) is 35.9 Å². The molecule has 0 saturated heterocycles. The largest absolute Gasteiger partial charge is 0.355 e. The van der Waals surface area contributed by atoms with Gasteiger partial charge in [0.05, 0.1) is 6.54 Å². The molecule has 0 aromatic heterocycles. The average molecular weight is 379 g/mol. The Labute approximate surface area is 131 Å². The molecule has 0 bridgehead atoms. The molecule has 0 unspecified atom stereocenters. The highest BCUT2D eigenvalue weighted by atomic mass is 127. The summed E-state index contributed by atoms with van der Waals surface area (Å²) in [7, 11) is 4.02. The van der Waals surface area contributed by atoms with Crippen LogP contribution in [-0.2, 0) is 6.54 Å². The molecule has 18 heavy (non-hydrogen) atoms. The van der Waals surface area contributed by atoms with Gasteiger partial charge in [-0.15, -0.1) is 24.0 Å². The minimum absolute atomic E-state index is 0. The van der Waals surface area contributed by atoms with Crippen LogP contribution >= 0.6 is 35.7 Å². The van der Waals surface area contributed by atoms with Gasteiger partial charge in [0.1, 0.15) is 0 Å². The van der Waals surface area contributed by atoms with Crippen molar-refractivity contribution >= 4 is 41.7 Å². The van der Waals surface area contributed by atoms with Crippen molar-refractivity contribution in [3.8, 4) is 0 Å². The van der Waals surface area contributed by atoms with E-state index in [1.165, 1.54) is 5.56 Å². The van der Waals surface area contributed by atoms with Crippen LogP contribution in [0.25, 0.3) is 0 Å². The second-order valence-corrected chi connectivity index (χ2v) is 4.93. The fourth-order valence-electron chi connectivity index (χ4n) is 1.37. The summed E-state index contributed by atoms with van der Waals surface area (Å²) in [5, 5.41) is 3.35. The van der Waals surface area contributed by atoms with Crippen LogP contribution in [-0.4, -0.2) is 43.5 Å². The molecular weight excluding hydrogens is 357 g/mol. The Balaban J connectivity index is 0.00000289. The second-order valence-electron chi connectivity index (χ2n) is 3.94. The minimum atomic E-state index is 0. The third-order valence-corrected chi connectivity index (χ3v) is 2.88. The van der Waals surface area contributed by atoms with Crippen molar-refractivity contribution in [1.29, 1.82) is 0 Å². The average Bonchev–Trinajstić information content (AvgIpc) is 2.34. The first-order valence-electron chi connectivity index (χ1n) is 5.72. The van der Waals surface area contributed by atoms with Gasteiger partial charge in [0, 0.05) is 26.4 Å². The van der Waals surface area contributed by atoms with Crippen LogP contribution in [0, 0.1) is 0 Å². The van der Waals surface area contributed by atoms with E-state index in [1.807, 2.05) is 49.0 Å². The standard InChI is InChI=1S/C13H21N3S.HI/c1-16(2)13(14-9-10-17-3)15-11-12-7-5-4-6-8-12;/h4-8H,9-11H2,1-3H3,(H,14,15);1H. The lowest BCUT2D eigenvalue weighted by atomic mass is 10.2. The first-order chi connectivity index (χ1) is 8.24. The van der Waals surface area contributed by atoms with Crippen LogP contribution in [0.3, 0.4) is 0 Å². The number of nitrogens with zero attached hydrogens (tertiary/aromatic N) is 2. The van der Waals surface area contributed by atoms with Crippen molar-refractivity contribution in [2.75, 3.05) is 32.6 Å². The molecule has 0 saturated carbocycles. The van der Waals surface area contributed by atoms with Gasteiger partial charge in [-0.05, 0) is 11.8 Å². The van der Waals surface area contributed by atoms with Gasteiger partial charge >= 0.3 is 0 Å². The van der Waals surface area contributed by atoms with E-state index in [1.54, 1.807) is 0 Å². The maximum absolute atomic E-state index is 4.59. The van der Waals surface area contributed by atoms with E-state index in [2.05, 4.69) is 28.7 Å². The first-order valence-corrected chi connectivity index (χ1v) is 7.12. The topological polar surface area (TPSA) is 27.6 Å². The van der Waals surface area contributed by atoms with Gasteiger partial charge in [-0.1, -0.05) is 30.3 Å². The predicted molar refractivity (Wildman–Crippen MR) is 93.1 cm³/mol. The fraction of sp³-hybridized carbons (Fsp3) is 0.462.